The summed E-state index contributed by atoms with van der Waals surface area (Å²) in [5, 5.41) is 9.75. The first-order valence-corrected chi connectivity index (χ1v) is 17.2. The summed E-state index contributed by atoms with van der Waals surface area (Å²) in [5.74, 6) is 0. The Morgan fingerprint density at radius 2 is 0.882 bits per heavy atom. The third kappa shape index (κ3) is 4.96. The van der Waals surface area contributed by atoms with Crippen LogP contribution in [-0.2, 0) is 0 Å². The molecule has 6 aromatic carbocycles. The van der Waals surface area contributed by atoms with Crippen LogP contribution in [0.25, 0.3) is 94.3 Å². The number of fused-ring (bicyclic) bond motifs is 6. The molecule has 238 valence electrons. The van der Waals surface area contributed by atoms with Gasteiger partial charge in [0.15, 0.2) is 0 Å². The van der Waals surface area contributed by atoms with Crippen molar-refractivity contribution in [1.29, 1.82) is 0 Å². The lowest BCUT2D eigenvalue weighted by molar-refractivity contribution is 0.979. The largest absolute Gasteiger partial charge is 0.245 e. The van der Waals surface area contributed by atoms with Crippen molar-refractivity contribution in [3.63, 3.8) is 0 Å². The number of aromatic nitrogens is 4. The Morgan fingerprint density at radius 1 is 0.373 bits per heavy atom. The van der Waals surface area contributed by atoms with Crippen LogP contribution in [-0.4, -0.2) is 19.6 Å². The van der Waals surface area contributed by atoms with E-state index in [0.29, 0.717) is 0 Å². The minimum atomic E-state index is 0.901. The van der Waals surface area contributed by atoms with E-state index in [1.807, 2.05) is 18.2 Å². The Bertz CT molecular complexity index is 2880. The number of nitrogens with zero attached hydrogens (tertiary/aromatic N) is 4. The molecule has 0 atom stereocenters. The normalized spacial score (nSPS) is 11.5. The molecule has 0 bridgehead atoms. The van der Waals surface area contributed by atoms with Gasteiger partial charge in [0.1, 0.15) is 5.69 Å². The zero-order chi connectivity index (χ0) is 33.7. The average Bonchev–Trinajstić information content (AvgIpc) is 3.62. The fourth-order valence-electron chi connectivity index (χ4n) is 7.30. The molecule has 0 amide bonds. The lowest BCUT2D eigenvalue weighted by Gasteiger charge is -2.12. The summed E-state index contributed by atoms with van der Waals surface area (Å²) in [6.07, 6.45) is 0. The van der Waals surface area contributed by atoms with Crippen LogP contribution in [0.2, 0.25) is 0 Å². The Hall–Kier alpha value is -6.91. The Kier molecular flexibility index (Phi) is 6.78. The van der Waals surface area contributed by atoms with Crippen LogP contribution < -0.4 is 0 Å². The van der Waals surface area contributed by atoms with Crippen LogP contribution in [0.4, 0.5) is 0 Å². The molecule has 4 heteroatoms. The lowest BCUT2D eigenvalue weighted by atomic mass is 9.96. The van der Waals surface area contributed by atoms with Crippen LogP contribution in [0.1, 0.15) is 0 Å². The topological polar surface area (TPSA) is 43.1 Å². The van der Waals surface area contributed by atoms with Gasteiger partial charge in [-0.3, -0.25) is 0 Å². The zero-order valence-electron chi connectivity index (χ0n) is 27.6. The van der Waals surface area contributed by atoms with Crippen LogP contribution in [0.5, 0.6) is 0 Å². The molecular formula is C47H30N4. The Balaban J connectivity index is 1.22. The van der Waals surface area contributed by atoms with Crippen LogP contribution in [0.3, 0.4) is 0 Å². The van der Waals surface area contributed by atoms with Gasteiger partial charge < -0.3 is 0 Å². The van der Waals surface area contributed by atoms with Gasteiger partial charge in [-0.25, -0.2) is 14.5 Å². The van der Waals surface area contributed by atoms with E-state index in [1.165, 1.54) is 0 Å². The molecule has 0 N–H and O–H groups in total. The second kappa shape index (κ2) is 11.9. The van der Waals surface area contributed by atoms with Crippen LogP contribution in [0.15, 0.2) is 182 Å². The summed E-state index contributed by atoms with van der Waals surface area (Å²) in [5.41, 5.74) is 13.3. The maximum Gasteiger partial charge on any atom is 0.101 e. The second-order valence-electron chi connectivity index (χ2n) is 12.9. The predicted octanol–water partition coefficient (Wildman–Crippen LogP) is 11.9. The molecule has 0 saturated heterocycles. The van der Waals surface area contributed by atoms with Gasteiger partial charge in [-0.05, 0) is 35.2 Å². The zero-order valence-corrected chi connectivity index (χ0v) is 27.6. The third-order valence-corrected chi connectivity index (χ3v) is 9.78. The first kappa shape index (κ1) is 29.0. The summed E-state index contributed by atoms with van der Waals surface area (Å²) in [6.45, 7) is 0. The maximum absolute atomic E-state index is 5.36. The van der Waals surface area contributed by atoms with Gasteiger partial charge >= 0.3 is 0 Å². The molecule has 4 nitrogen and oxygen atoms in total. The fraction of sp³-hybridized carbons (Fsp3) is 0. The van der Waals surface area contributed by atoms with Gasteiger partial charge in [0.2, 0.25) is 0 Å². The van der Waals surface area contributed by atoms with E-state index in [1.54, 1.807) is 0 Å². The molecule has 0 radical (unpaired) electrons. The van der Waals surface area contributed by atoms with E-state index in [2.05, 4.69) is 168 Å². The molecular weight excluding hydrogens is 621 g/mol. The highest BCUT2D eigenvalue weighted by Crippen LogP contribution is 2.41. The van der Waals surface area contributed by atoms with Crippen molar-refractivity contribution < 1.29 is 0 Å². The summed E-state index contributed by atoms with van der Waals surface area (Å²) in [4.78, 5) is 10.4. The van der Waals surface area contributed by atoms with Gasteiger partial charge in [0.05, 0.1) is 33.6 Å². The van der Waals surface area contributed by atoms with Crippen LogP contribution in [0, 0.1) is 0 Å². The smallest absolute Gasteiger partial charge is 0.101 e. The Morgan fingerprint density at radius 3 is 1.49 bits per heavy atom. The monoisotopic (exact) mass is 650 g/mol. The van der Waals surface area contributed by atoms with E-state index < -0.39 is 0 Å². The van der Waals surface area contributed by atoms with Crippen molar-refractivity contribution in [3.05, 3.63) is 182 Å². The van der Waals surface area contributed by atoms with Gasteiger partial charge in [-0.1, -0.05) is 158 Å². The average molecular weight is 651 g/mol. The molecule has 0 aliphatic heterocycles. The van der Waals surface area contributed by atoms with E-state index >= 15 is 0 Å². The molecule has 10 rings (SSSR count). The molecule has 0 spiro atoms. The third-order valence-electron chi connectivity index (χ3n) is 9.78. The molecule has 0 unspecified atom stereocenters. The quantitative estimate of drug-likeness (QED) is 0.174. The summed E-state index contributed by atoms with van der Waals surface area (Å²) in [6, 6.07) is 63.7. The highest BCUT2D eigenvalue weighted by molar-refractivity contribution is 6.10. The first-order chi connectivity index (χ1) is 25.3. The van der Waals surface area contributed by atoms with Crippen molar-refractivity contribution in [3.8, 4) is 56.2 Å². The van der Waals surface area contributed by atoms with Gasteiger partial charge in [-0.15, -0.1) is 0 Å². The summed E-state index contributed by atoms with van der Waals surface area (Å²) in [7, 11) is 0. The molecule has 0 saturated carbocycles. The standard InChI is InChI=1S/C47H30N4/c1-5-13-31(14-6-1)40-27-24-35-21-22-36-25-28-41(49-46(36)45(35)48-40)37-23-26-39-38(29-37)30-42(32-15-7-2-8-16-32)51-47(39)43(33-17-9-3-10-18-33)44(50-51)34-19-11-4-12-20-34/h1-30H. The van der Waals surface area contributed by atoms with Gasteiger partial charge in [0, 0.05) is 44.0 Å². The SMILES string of the molecule is c1ccc(-c2ccc3ccc4ccc(-c5ccc6c(c5)cc(-c5ccccc5)n5nc(-c7ccccc7)c(-c7ccccc7)c65)nc4c3n2)cc1. The minimum absolute atomic E-state index is 0.901. The molecule has 51 heavy (non-hydrogen) atoms. The predicted molar refractivity (Wildman–Crippen MR) is 210 cm³/mol. The molecule has 0 aliphatic carbocycles. The van der Waals surface area contributed by atoms with E-state index in [4.69, 9.17) is 15.1 Å². The molecule has 0 aliphatic rings. The number of rotatable bonds is 5. The van der Waals surface area contributed by atoms with Crippen molar-refractivity contribution in [2.24, 2.45) is 0 Å². The summed E-state index contributed by atoms with van der Waals surface area (Å²) < 4.78 is 2.14. The van der Waals surface area contributed by atoms with Crippen molar-refractivity contribution in [2.75, 3.05) is 0 Å². The molecule has 0 fully saturated rings. The molecule has 4 aromatic heterocycles. The Labute approximate surface area is 295 Å². The second-order valence-corrected chi connectivity index (χ2v) is 12.9. The van der Waals surface area contributed by atoms with E-state index in [9.17, 15) is 0 Å². The van der Waals surface area contributed by atoms with Crippen LogP contribution >= 0.6 is 0 Å². The fourth-order valence-corrected chi connectivity index (χ4v) is 7.30. The minimum Gasteiger partial charge on any atom is -0.245 e. The number of pyridine rings is 3. The number of benzene rings is 6. The maximum atomic E-state index is 5.36. The molecule has 10 aromatic rings. The van der Waals surface area contributed by atoms with Gasteiger partial charge in [0.25, 0.3) is 0 Å². The summed E-state index contributed by atoms with van der Waals surface area (Å²) >= 11 is 0. The van der Waals surface area contributed by atoms with Crippen molar-refractivity contribution in [1.82, 2.24) is 19.6 Å². The molecule has 4 heterocycles. The van der Waals surface area contributed by atoms with Crippen molar-refractivity contribution >= 4 is 38.1 Å². The van der Waals surface area contributed by atoms with Gasteiger partial charge in [-0.2, -0.15) is 5.10 Å². The number of hydrogen-bond donors (Lipinski definition) is 0. The number of hydrogen-bond acceptors (Lipinski definition) is 3. The lowest BCUT2D eigenvalue weighted by Crippen LogP contribution is -1.96. The first-order valence-electron chi connectivity index (χ1n) is 17.2. The van der Waals surface area contributed by atoms with E-state index in [0.717, 1.165) is 94.3 Å². The van der Waals surface area contributed by atoms with Crippen molar-refractivity contribution in [2.45, 2.75) is 0 Å². The highest BCUT2D eigenvalue weighted by atomic mass is 15.2. The van der Waals surface area contributed by atoms with E-state index in [-0.39, 0.29) is 0 Å². The highest BCUT2D eigenvalue weighted by Gasteiger charge is 2.22.